The molecule has 6 nitrogen and oxygen atoms in total. The number of halogens is 1. The van der Waals surface area contributed by atoms with E-state index >= 15 is 0 Å². The molecule has 1 aliphatic heterocycles. The summed E-state index contributed by atoms with van der Waals surface area (Å²) in [6.07, 6.45) is 0.626. The average Bonchev–Trinajstić information content (AvgIpc) is 3.04. The van der Waals surface area contributed by atoms with Crippen LogP contribution in [0.5, 0.6) is 0 Å². The van der Waals surface area contributed by atoms with E-state index in [9.17, 15) is 14.7 Å². The molecule has 1 unspecified atom stereocenters. The van der Waals surface area contributed by atoms with Crippen LogP contribution in [0.25, 0.3) is 5.57 Å². The number of aliphatic hydroxyl groups is 1. The Labute approximate surface area is 158 Å². The second kappa shape index (κ2) is 7.07. The van der Waals surface area contributed by atoms with Gasteiger partial charge in [-0.3, -0.25) is 13.9 Å². The lowest BCUT2D eigenvalue weighted by atomic mass is 10.0. The topological polar surface area (TPSA) is 73.7 Å². The molecule has 2 aromatic rings. The van der Waals surface area contributed by atoms with Crippen LogP contribution >= 0.6 is 35.8 Å². The quantitative estimate of drug-likeness (QED) is 0.614. The zero-order chi connectivity index (χ0) is 18.1. The fourth-order valence-corrected chi connectivity index (χ4v) is 3.78. The molecule has 9 heteroatoms. The van der Waals surface area contributed by atoms with Crippen LogP contribution in [0.4, 0.5) is 0 Å². The first kappa shape index (κ1) is 17.8. The Morgan fingerprint density at radius 3 is 2.68 bits per heavy atom. The van der Waals surface area contributed by atoms with Gasteiger partial charge in [0.05, 0.1) is 17.5 Å². The summed E-state index contributed by atoms with van der Waals surface area (Å²) in [6, 6.07) is 8.81. The summed E-state index contributed by atoms with van der Waals surface area (Å²) >= 11 is 11.1. The molecule has 0 aliphatic carbocycles. The average molecular weight is 396 g/mol. The van der Waals surface area contributed by atoms with Gasteiger partial charge in [-0.25, -0.2) is 4.98 Å². The highest BCUT2D eigenvalue weighted by molar-refractivity contribution is 7.78. The number of thiol groups is 1. The van der Waals surface area contributed by atoms with Gasteiger partial charge < -0.3 is 10.0 Å². The molecule has 1 aliphatic rings. The number of Topliss-reactive ketones (excluding diaryl/α,β-unsaturated/α-hetero) is 1. The Bertz CT molecular complexity index is 853. The third-order valence-corrected chi connectivity index (χ3v) is 5.50. The van der Waals surface area contributed by atoms with Gasteiger partial charge in [-0.1, -0.05) is 66.1 Å². The molecule has 0 spiro atoms. The first-order valence-electron chi connectivity index (χ1n) is 7.28. The lowest BCUT2D eigenvalue weighted by Gasteiger charge is -2.39. The van der Waals surface area contributed by atoms with Gasteiger partial charge in [0.2, 0.25) is 5.88 Å². The van der Waals surface area contributed by atoms with E-state index < -0.39 is 12.1 Å². The van der Waals surface area contributed by atoms with Crippen molar-refractivity contribution < 1.29 is 14.7 Å². The summed E-state index contributed by atoms with van der Waals surface area (Å²) in [5, 5.41) is 10.5. The van der Waals surface area contributed by atoms with Crippen molar-refractivity contribution >= 4 is 53.0 Å². The van der Waals surface area contributed by atoms with Gasteiger partial charge in [0.25, 0.3) is 5.91 Å². The highest BCUT2D eigenvalue weighted by atomic mass is 35.5. The van der Waals surface area contributed by atoms with Crippen molar-refractivity contribution in [2.75, 3.05) is 7.05 Å². The summed E-state index contributed by atoms with van der Waals surface area (Å²) in [6.45, 7) is 0. The summed E-state index contributed by atoms with van der Waals surface area (Å²) < 4.78 is 1.43. The number of hydrogen-bond acceptors (Lipinski definition) is 7. The summed E-state index contributed by atoms with van der Waals surface area (Å²) in [5.41, 5.74) is 0.720. The maximum absolute atomic E-state index is 12.7. The van der Waals surface area contributed by atoms with E-state index in [0.29, 0.717) is 10.4 Å². The Morgan fingerprint density at radius 1 is 1.40 bits per heavy atom. The van der Waals surface area contributed by atoms with Crippen molar-refractivity contribution in [3.8, 4) is 0 Å². The molecule has 1 aromatic heterocycles. The molecule has 0 saturated carbocycles. The zero-order valence-electron chi connectivity index (χ0n) is 13.1. The monoisotopic (exact) mass is 395 g/mol. The smallest absolute Gasteiger partial charge is 0.271 e. The van der Waals surface area contributed by atoms with Crippen LogP contribution in [-0.4, -0.2) is 44.2 Å². The largest absolute Gasteiger partial charge is 0.494 e. The summed E-state index contributed by atoms with van der Waals surface area (Å²) in [4.78, 5) is 30.8. The molecule has 130 valence electrons. The van der Waals surface area contributed by atoms with Crippen LogP contribution in [0.15, 0.2) is 42.4 Å². The lowest BCUT2D eigenvalue weighted by molar-refractivity contribution is -0.125. The minimum absolute atomic E-state index is 0.0452. The van der Waals surface area contributed by atoms with E-state index in [1.807, 2.05) is 6.07 Å². The number of aliphatic hydroxyl groups excluding tert-OH is 1. The van der Waals surface area contributed by atoms with Crippen molar-refractivity contribution in [3.63, 3.8) is 0 Å². The third-order valence-electron chi connectivity index (χ3n) is 3.89. The van der Waals surface area contributed by atoms with Gasteiger partial charge >= 0.3 is 0 Å². The maximum atomic E-state index is 12.7. The van der Waals surface area contributed by atoms with E-state index in [1.165, 1.54) is 11.1 Å². The minimum atomic E-state index is -0.725. The third kappa shape index (κ3) is 3.37. The highest BCUT2D eigenvalue weighted by Crippen LogP contribution is 2.32. The minimum Gasteiger partial charge on any atom is -0.494 e. The van der Waals surface area contributed by atoms with Crippen LogP contribution < -0.4 is 0 Å². The Balaban J connectivity index is 1.90. The Hall–Kier alpha value is -2.03. The zero-order valence-corrected chi connectivity index (χ0v) is 15.6. The Kier molecular flexibility index (Phi) is 5.03. The number of nitrogens with zero attached hydrogens (tertiary/aromatic N) is 3. The molecule has 0 radical (unpaired) electrons. The number of rotatable bonds is 4. The predicted molar refractivity (Wildman–Crippen MR) is 99.4 cm³/mol. The van der Waals surface area contributed by atoms with Crippen LogP contribution in [0.3, 0.4) is 0 Å². The number of ketones is 1. The molecule has 1 atom stereocenters. The molecule has 3 rings (SSSR count). The summed E-state index contributed by atoms with van der Waals surface area (Å²) in [7, 11) is 1.60. The van der Waals surface area contributed by atoms with Gasteiger partial charge in [-0.2, -0.15) is 0 Å². The van der Waals surface area contributed by atoms with Gasteiger partial charge in [0.15, 0.2) is 10.3 Å². The molecule has 0 fully saturated rings. The van der Waals surface area contributed by atoms with E-state index in [-0.39, 0.29) is 28.1 Å². The van der Waals surface area contributed by atoms with Crippen LogP contribution in [-0.2, 0) is 4.79 Å². The van der Waals surface area contributed by atoms with Gasteiger partial charge in [0.1, 0.15) is 11.7 Å². The number of amides is 1. The standard InChI is InChI=1S/C16H14ClN3O3S2/c1-19-12(7-10(21)11-8-18-16(17)25-11)20(24)15(23)13(14(19)22)9-5-3-2-4-6-9/h2-6,8,12,22,24H,7H2,1H3. The van der Waals surface area contributed by atoms with Crippen molar-refractivity contribution in [1.82, 2.24) is 14.2 Å². The molecule has 1 aromatic carbocycles. The van der Waals surface area contributed by atoms with E-state index in [4.69, 9.17) is 11.6 Å². The van der Waals surface area contributed by atoms with E-state index in [0.717, 1.165) is 15.6 Å². The molecule has 2 heterocycles. The second-order valence-electron chi connectivity index (χ2n) is 5.41. The normalized spacial score (nSPS) is 18.0. The molecule has 1 N–H and O–H groups in total. The van der Waals surface area contributed by atoms with Crippen LogP contribution in [0.2, 0.25) is 4.47 Å². The number of benzene rings is 1. The van der Waals surface area contributed by atoms with Crippen molar-refractivity contribution in [2.45, 2.75) is 12.6 Å². The number of carbonyl (C=O) groups excluding carboxylic acids is 2. The van der Waals surface area contributed by atoms with E-state index in [2.05, 4.69) is 17.8 Å². The lowest BCUT2D eigenvalue weighted by Crippen LogP contribution is -2.50. The van der Waals surface area contributed by atoms with E-state index in [1.54, 1.807) is 31.3 Å². The van der Waals surface area contributed by atoms with Crippen LogP contribution in [0, 0.1) is 0 Å². The number of hydrogen-bond donors (Lipinski definition) is 2. The molecule has 0 saturated heterocycles. The Morgan fingerprint density at radius 2 is 2.08 bits per heavy atom. The predicted octanol–water partition coefficient (Wildman–Crippen LogP) is 3.24. The summed E-state index contributed by atoms with van der Waals surface area (Å²) in [5.74, 6) is -0.893. The fraction of sp³-hybridized carbons (Fsp3) is 0.188. The number of thiazole rings is 1. The number of carbonyl (C=O) groups is 2. The molecular formula is C16H14ClN3O3S2. The SMILES string of the molecule is CN1C(O)=C(c2ccccc2)C(=O)N(S)C1CC(=O)c1cnc(Cl)s1. The maximum Gasteiger partial charge on any atom is 0.271 e. The number of aromatic nitrogens is 1. The van der Waals surface area contributed by atoms with Crippen molar-refractivity contribution in [2.24, 2.45) is 0 Å². The van der Waals surface area contributed by atoms with Gasteiger partial charge in [0, 0.05) is 7.05 Å². The second-order valence-corrected chi connectivity index (χ2v) is 7.45. The van der Waals surface area contributed by atoms with Crippen molar-refractivity contribution in [1.29, 1.82) is 0 Å². The molecule has 25 heavy (non-hydrogen) atoms. The van der Waals surface area contributed by atoms with Gasteiger partial charge in [-0.15, -0.1) is 0 Å². The molecule has 0 bridgehead atoms. The van der Waals surface area contributed by atoms with Gasteiger partial charge in [-0.05, 0) is 5.56 Å². The molecule has 1 amide bonds. The first-order valence-corrected chi connectivity index (χ1v) is 8.88. The van der Waals surface area contributed by atoms with Crippen molar-refractivity contribution in [3.05, 3.63) is 57.3 Å². The molecular weight excluding hydrogens is 382 g/mol. The highest BCUT2D eigenvalue weighted by Gasteiger charge is 2.38. The fourth-order valence-electron chi connectivity index (χ4n) is 2.56. The first-order chi connectivity index (χ1) is 11.9. The van der Waals surface area contributed by atoms with Crippen LogP contribution in [0.1, 0.15) is 21.7 Å².